The molecule has 0 radical (unpaired) electrons. The summed E-state index contributed by atoms with van der Waals surface area (Å²) in [6, 6.07) is 13.8. The second-order valence-corrected chi connectivity index (χ2v) is 6.06. The van der Waals surface area contributed by atoms with Crippen LogP contribution >= 0.6 is 0 Å². The number of nitrogens with one attached hydrogen (secondary N) is 1. The van der Waals surface area contributed by atoms with Crippen LogP contribution in [-0.2, 0) is 11.2 Å². The van der Waals surface area contributed by atoms with Gasteiger partial charge in [-0.3, -0.25) is 4.79 Å². The van der Waals surface area contributed by atoms with E-state index in [1.165, 1.54) is 11.3 Å². The molecule has 0 spiro atoms. The van der Waals surface area contributed by atoms with Gasteiger partial charge in [0, 0.05) is 24.0 Å². The van der Waals surface area contributed by atoms with Crippen molar-refractivity contribution in [1.82, 2.24) is 0 Å². The molecule has 0 fully saturated rings. The number of ether oxygens (including phenoxy) is 2. The molecule has 24 heavy (non-hydrogen) atoms. The number of amides is 1. The van der Waals surface area contributed by atoms with Gasteiger partial charge in [0.25, 0.3) is 0 Å². The summed E-state index contributed by atoms with van der Waals surface area (Å²) in [6.45, 7) is 2.36. The van der Waals surface area contributed by atoms with Crippen LogP contribution in [0.1, 0.15) is 12.0 Å². The van der Waals surface area contributed by atoms with Gasteiger partial charge in [-0.05, 0) is 36.6 Å². The normalized spacial score (nSPS) is 15.6. The summed E-state index contributed by atoms with van der Waals surface area (Å²) in [5.41, 5.74) is 3.21. The largest absolute Gasteiger partial charge is 0.486 e. The molecular weight excluding hydrogens is 304 g/mol. The Kier molecular flexibility index (Phi) is 3.99. The maximum Gasteiger partial charge on any atom is 0.243 e. The highest BCUT2D eigenvalue weighted by atomic mass is 16.6. The molecule has 5 nitrogen and oxygen atoms in total. The van der Waals surface area contributed by atoms with Crippen LogP contribution in [0.25, 0.3) is 0 Å². The third-order valence-corrected chi connectivity index (χ3v) is 4.37. The summed E-state index contributed by atoms with van der Waals surface area (Å²) in [5.74, 6) is 1.38. The Bertz CT molecular complexity index is 760. The molecule has 2 aromatic carbocycles. The molecule has 2 aliphatic rings. The average Bonchev–Trinajstić information content (AvgIpc) is 2.62. The van der Waals surface area contributed by atoms with Crippen molar-refractivity contribution in [3.63, 3.8) is 0 Å². The Morgan fingerprint density at radius 3 is 2.83 bits per heavy atom. The van der Waals surface area contributed by atoms with Crippen molar-refractivity contribution < 1.29 is 14.3 Å². The van der Waals surface area contributed by atoms with E-state index in [2.05, 4.69) is 28.4 Å². The quantitative estimate of drug-likeness (QED) is 0.943. The van der Waals surface area contributed by atoms with Crippen molar-refractivity contribution in [1.29, 1.82) is 0 Å². The minimum absolute atomic E-state index is 0.0246. The Hall–Kier alpha value is -2.69. The van der Waals surface area contributed by atoms with Crippen LogP contribution in [0.4, 0.5) is 11.4 Å². The van der Waals surface area contributed by atoms with Crippen molar-refractivity contribution in [2.45, 2.75) is 12.8 Å². The van der Waals surface area contributed by atoms with E-state index >= 15 is 0 Å². The van der Waals surface area contributed by atoms with Crippen LogP contribution in [0.5, 0.6) is 11.5 Å². The third kappa shape index (κ3) is 3.02. The number of benzene rings is 2. The second-order valence-electron chi connectivity index (χ2n) is 6.06. The summed E-state index contributed by atoms with van der Waals surface area (Å²) >= 11 is 0. The third-order valence-electron chi connectivity index (χ3n) is 4.37. The summed E-state index contributed by atoms with van der Waals surface area (Å²) in [5, 5.41) is 2.95. The first kappa shape index (κ1) is 14.9. The fourth-order valence-corrected chi connectivity index (χ4v) is 3.27. The zero-order chi connectivity index (χ0) is 16.4. The summed E-state index contributed by atoms with van der Waals surface area (Å²) in [4.78, 5) is 14.6. The topological polar surface area (TPSA) is 50.8 Å². The van der Waals surface area contributed by atoms with E-state index in [1.807, 2.05) is 24.3 Å². The van der Waals surface area contributed by atoms with E-state index in [9.17, 15) is 4.79 Å². The van der Waals surface area contributed by atoms with Gasteiger partial charge in [-0.25, -0.2) is 0 Å². The SMILES string of the molecule is O=C(CN1CCCc2ccccc21)Nc1ccc2c(c1)OCCO2. The van der Waals surface area contributed by atoms with E-state index in [4.69, 9.17) is 9.47 Å². The molecule has 4 rings (SSSR count). The second kappa shape index (κ2) is 6.43. The molecule has 0 aromatic heterocycles. The highest BCUT2D eigenvalue weighted by Gasteiger charge is 2.19. The number of nitrogens with zero attached hydrogens (tertiary/aromatic N) is 1. The summed E-state index contributed by atoms with van der Waals surface area (Å²) in [6.07, 6.45) is 2.16. The number of hydrogen-bond donors (Lipinski definition) is 1. The van der Waals surface area contributed by atoms with E-state index in [1.54, 1.807) is 0 Å². The van der Waals surface area contributed by atoms with Crippen LogP contribution in [0, 0.1) is 0 Å². The highest BCUT2D eigenvalue weighted by Crippen LogP contribution is 2.32. The first-order valence-electron chi connectivity index (χ1n) is 8.32. The molecular formula is C19H20N2O3. The Morgan fingerprint density at radius 2 is 1.92 bits per heavy atom. The lowest BCUT2D eigenvalue weighted by Crippen LogP contribution is -2.36. The van der Waals surface area contributed by atoms with Crippen molar-refractivity contribution in [2.75, 3.05) is 36.5 Å². The number of fused-ring (bicyclic) bond motifs is 2. The van der Waals surface area contributed by atoms with Gasteiger partial charge >= 0.3 is 0 Å². The predicted octanol–water partition coefficient (Wildman–Crippen LogP) is 2.85. The smallest absolute Gasteiger partial charge is 0.243 e. The van der Waals surface area contributed by atoms with Gasteiger partial charge in [-0.15, -0.1) is 0 Å². The predicted molar refractivity (Wildman–Crippen MR) is 93.0 cm³/mol. The van der Waals surface area contributed by atoms with E-state index < -0.39 is 0 Å². The van der Waals surface area contributed by atoms with Gasteiger partial charge < -0.3 is 19.7 Å². The average molecular weight is 324 g/mol. The Labute approximate surface area is 141 Å². The first-order chi connectivity index (χ1) is 11.8. The van der Waals surface area contributed by atoms with Crippen molar-refractivity contribution >= 4 is 17.3 Å². The monoisotopic (exact) mass is 324 g/mol. The van der Waals surface area contributed by atoms with Crippen LogP contribution < -0.4 is 19.7 Å². The zero-order valence-electron chi connectivity index (χ0n) is 13.5. The van der Waals surface area contributed by atoms with Gasteiger partial charge in [-0.2, -0.15) is 0 Å². The van der Waals surface area contributed by atoms with Crippen LogP contribution in [0.2, 0.25) is 0 Å². The van der Waals surface area contributed by atoms with Gasteiger partial charge in [0.1, 0.15) is 13.2 Å². The molecule has 1 N–H and O–H groups in total. The van der Waals surface area contributed by atoms with Crippen LogP contribution in [-0.4, -0.2) is 32.2 Å². The lowest BCUT2D eigenvalue weighted by molar-refractivity contribution is -0.115. The molecule has 2 aliphatic heterocycles. The molecule has 124 valence electrons. The molecule has 1 amide bonds. The Balaban J connectivity index is 1.44. The van der Waals surface area contributed by atoms with E-state index in [0.29, 0.717) is 25.5 Å². The van der Waals surface area contributed by atoms with Crippen molar-refractivity contribution in [3.8, 4) is 11.5 Å². The fourth-order valence-electron chi connectivity index (χ4n) is 3.27. The molecule has 0 bridgehead atoms. The van der Waals surface area contributed by atoms with Crippen LogP contribution in [0.3, 0.4) is 0 Å². The first-order valence-corrected chi connectivity index (χ1v) is 8.32. The molecule has 2 heterocycles. The van der Waals surface area contributed by atoms with Crippen LogP contribution in [0.15, 0.2) is 42.5 Å². The fraction of sp³-hybridized carbons (Fsp3) is 0.316. The zero-order valence-corrected chi connectivity index (χ0v) is 13.5. The highest BCUT2D eigenvalue weighted by molar-refractivity contribution is 5.94. The lowest BCUT2D eigenvalue weighted by Gasteiger charge is -2.30. The molecule has 2 aromatic rings. The number of rotatable bonds is 3. The number of para-hydroxylation sites is 1. The van der Waals surface area contributed by atoms with E-state index in [0.717, 1.165) is 30.8 Å². The number of anilines is 2. The number of hydrogen-bond acceptors (Lipinski definition) is 4. The molecule has 5 heteroatoms. The van der Waals surface area contributed by atoms with Gasteiger partial charge in [-0.1, -0.05) is 18.2 Å². The molecule has 0 aliphatic carbocycles. The maximum absolute atomic E-state index is 12.4. The Morgan fingerprint density at radius 1 is 1.08 bits per heavy atom. The number of aryl methyl sites for hydroxylation is 1. The standard InChI is InChI=1S/C19H20N2O3/c22-19(13-21-9-3-5-14-4-1-2-6-16(14)21)20-15-7-8-17-18(12-15)24-11-10-23-17/h1-2,4,6-8,12H,3,5,9-11,13H2,(H,20,22). The van der Waals surface area contributed by atoms with Crippen molar-refractivity contribution in [3.05, 3.63) is 48.0 Å². The maximum atomic E-state index is 12.4. The molecule has 0 unspecified atom stereocenters. The number of carbonyl (C=O) groups excluding carboxylic acids is 1. The summed E-state index contributed by atoms with van der Waals surface area (Å²) in [7, 11) is 0. The summed E-state index contributed by atoms with van der Waals surface area (Å²) < 4.78 is 11.1. The lowest BCUT2D eigenvalue weighted by atomic mass is 10.0. The molecule has 0 saturated carbocycles. The van der Waals surface area contributed by atoms with Gasteiger partial charge in [0.05, 0.1) is 6.54 Å². The minimum Gasteiger partial charge on any atom is -0.486 e. The van der Waals surface area contributed by atoms with E-state index in [-0.39, 0.29) is 5.91 Å². The van der Waals surface area contributed by atoms with Gasteiger partial charge in [0.15, 0.2) is 11.5 Å². The molecule has 0 atom stereocenters. The number of carbonyl (C=O) groups is 1. The molecule has 0 saturated heterocycles. The van der Waals surface area contributed by atoms with Gasteiger partial charge in [0.2, 0.25) is 5.91 Å². The minimum atomic E-state index is -0.0246. The van der Waals surface area contributed by atoms with Crippen molar-refractivity contribution in [2.24, 2.45) is 0 Å².